The van der Waals surface area contributed by atoms with Gasteiger partial charge in [0.15, 0.2) is 0 Å². The van der Waals surface area contributed by atoms with Crippen molar-refractivity contribution in [2.75, 3.05) is 25.1 Å². The fourth-order valence-electron chi connectivity index (χ4n) is 3.83. The van der Waals surface area contributed by atoms with E-state index in [0.717, 1.165) is 31.7 Å². The van der Waals surface area contributed by atoms with Gasteiger partial charge in [-0.15, -0.1) is 0 Å². The van der Waals surface area contributed by atoms with E-state index in [0.29, 0.717) is 16.9 Å². The quantitative estimate of drug-likeness (QED) is 0.925. The summed E-state index contributed by atoms with van der Waals surface area (Å²) in [6.07, 6.45) is 3.74. The minimum atomic E-state index is 0.0136. The molecule has 3 rings (SSSR count). The fraction of sp³-hybridized carbons (Fsp3) is 0.625. The fourth-order valence-corrected chi connectivity index (χ4v) is 3.94. The normalized spacial score (nSPS) is 31.0. The molecule has 0 bridgehead atoms. The van der Waals surface area contributed by atoms with E-state index >= 15 is 0 Å². The Bertz CT molecular complexity index is 537. The molecule has 0 unspecified atom stereocenters. The Morgan fingerprint density at radius 3 is 2.68 bits per heavy atom. The van der Waals surface area contributed by atoms with Crippen molar-refractivity contribution in [1.29, 1.82) is 0 Å². The van der Waals surface area contributed by atoms with Crippen LogP contribution in [0.3, 0.4) is 0 Å². The highest BCUT2D eigenvalue weighted by atomic mass is 35.5. The summed E-state index contributed by atoms with van der Waals surface area (Å²) in [6.45, 7) is 3.54. The van der Waals surface area contributed by atoms with E-state index in [9.17, 15) is 4.79 Å². The van der Waals surface area contributed by atoms with Crippen LogP contribution in [-0.4, -0.2) is 43.2 Å². The van der Waals surface area contributed by atoms with Crippen molar-refractivity contribution >= 4 is 23.3 Å². The second-order valence-corrected chi connectivity index (χ2v) is 6.75. The van der Waals surface area contributed by atoms with Gasteiger partial charge in [0, 0.05) is 33.3 Å². The molecule has 1 aliphatic heterocycles. The molecule has 5 nitrogen and oxygen atoms in total. The van der Waals surface area contributed by atoms with Gasteiger partial charge in [-0.05, 0) is 36.8 Å². The highest BCUT2D eigenvalue weighted by Gasteiger charge is 2.42. The minimum absolute atomic E-state index is 0.0136. The van der Waals surface area contributed by atoms with Crippen molar-refractivity contribution in [1.82, 2.24) is 10.3 Å². The van der Waals surface area contributed by atoms with Crippen LogP contribution in [0.25, 0.3) is 0 Å². The number of hydrogen-bond acceptors (Lipinski definition) is 4. The van der Waals surface area contributed by atoms with Crippen LogP contribution >= 0.6 is 11.6 Å². The first kappa shape index (κ1) is 15.6. The van der Waals surface area contributed by atoms with Gasteiger partial charge in [-0.3, -0.25) is 4.79 Å². The molecule has 1 aromatic heterocycles. The molecular weight excluding hydrogens is 302 g/mol. The molecule has 2 heterocycles. The van der Waals surface area contributed by atoms with Gasteiger partial charge in [-0.25, -0.2) is 4.98 Å². The Morgan fingerprint density at radius 2 is 2.09 bits per heavy atom. The van der Waals surface area contributed by atoms with E-state index in [1.54, 1.807) is 20.2 Å². The smallest absolute Gasteiger partial charge is 0.217 e. The van der Waals surface area contributed by atoms with E-state index in [1.165, 1.54) is 0 Å². The zero-order valence-electron chi connectivity index (χ0n) is 13.0. The Labute approximate surface area is 136 Å². The maximum Gasteiger partial charge on any atom is 0.217 e. The number of hydrogen-bond donors (Lipinski definition) is 1. The number of amides is 1. The van der Waals surface area contributed by atoms with Crippen LogP contribution in [0.5, 0.6) is 0 Å². The zero-order chi connectivity index (χ0) is 15.7. The maximum absolute atomic E-state index is 11.4. The highest BCUT2D eigenvalue weighted by Crippen LogP contribution is 2.38. The molecule has 6 heteroatoms. The summed E-state index contributed by atoms with van der Waals surface area (Å²) in [6, 6.07) is 3.96. The van der Waals surface area contributed by atoms with Crippen LogP contribution in [0.15, 0.2) is 18.3 Å². The predicted octanol–water partition coefficient (Wildman–Crippen LogP) is 2.10. The lowest BCUT2D eigenvalue weighted by Gasteiger charge is -2.37. The number of methoxy groups -OCH3 is 1. The topological polar surface area (TPSA) is 54.5 Å². The van der Waals surface area contributed by atoms with Gasteiger partial charge in [0.05, 0.1) is 17.2 Å². The summed E-state index contributed by atoms with van der Waals surface area (Å²) >= 11 is 5.91. The standard InChI is InChI=1S/C16H22ClN3O2/c1-10(21)19-14-5-11-8-20(9-12(11)6-15(14)22-2)16-4-3-13(17)7-18-16/h3-4,7,11-12,14-15H,5-6,8-9H2,1-2H3,(H,19,21)/t11-,12+,14-,15-/m1/s1. The number of pyridine rings is 1. The lowest BCUT2D eigenvalue weighted by atomic mass is 9.77. The molecule has 0 radical (unpaired) electrons. The molecule has 1 aromatic rings. The SMILES string of the molecule is CO[C@@H]1C[C@H]2CN(c3ccc(Cl)cn3)C[C@H]2C[C@H]1NC(C)=O. The number of aromatic nitrogens is 1. The van der Waals surface area contributed by atoms with Gasteiger partial charge in [-0.2, -0.15) is 0 Å². The number of ether oxygens (including phenoxy) is 1. The summed E-state index contributed by atoms with van der Waals surface area (Å²) < 4.78 is 5.60. The van der Waals surface area contributed by atoms with E-state index in [2.05, 4.69) is 15.2 Å². The Morgan fingerprint density at radius 1 is 1.36 bits per heavy atom. The van der Waals surface area contributed by atoms with Crippen LogP contribution in [0, 0.1) is 11.8 Å². The van der Waals surface area contributed by atoms with Crippen molar-refractivity contribution in [3.05, 3.63) is 23.4 Å². The molecule has 120 valence electrons. The molecule has 1 saturated heterocycles. The Balaban J connectivity index is 1.70. The van der Waals surface area contributed by atoms with Crippen LogP contribution in [0.2, 0.25) is 5.02 Å². The summed E-state index contributed by atoms with van der Waals surface area (Å²) in [5.74, 6) is 2.15. The monoisotopic (exact) mass is 323 g/mol. The van der Waals surface area contributed by atoms with Gasteiger partial charge in [0.1, 0.15) is 5.82 Å². The van der Waals surface area contributed by atoms with E-state index in [1.807, 2.05) is 12.1 Å². The lowest BCUT2D eigenvalue weighted by molar-refractivity contribution is -0.121. The first-order valence-electron chi connectivity index (χ1n) is 7.73. The van der Waals surface area contributed by atoms with E-state index < -0.39 is 0 Å². The molecule has 2 aliphatic rings. The molecule has 1 saturated carbocycles. The van der Waals surface area contributed by atoms with Crippen molar-refractivity contribution in [2.24, 2.45) is 11.8 Å². The molecule has 2 fully saturated rings. The summed E-state index contributed by atoms with van der Waals surface area (Å²) in [5, 5.41) is 3.70. The number of nitrogens with zero attached hydrogens (tertiary/aromatic N) is 2. The zero-order valence-corrected chi connectivity index (χ0v) is 13.7. The van der Waals surface area contributed by atoms with Crippen LogP contribution in [0.4, 0.5) is 5.82 Å². The average Bonchev–Trinajstić information content (AvgIpc) is 2.89. The Kier molecular flexibility index (Phi) is 4.54. The molecule has 0 aromatic carbocycles. The first-order valence-corrected chi connectivity index (χ1v) is 8.11. The van der Waals surface area contributed by atoms with Gasteiger partial charge in [0.25, 0.3) is 0 Å². The number of rotatable bonds is 3. The van der Waals surface area contributed by atoms with Gasteiger partial charge in [-0.1, -0.05) is 11.6 Å². The summed E-state index contributed by atoms with van der Waals surface area (Å²) in [5.41, 5.74) is 0. The van der Waals surface area contributed by atoms with Gasteiger partial charge >= 0.3 is 0 Å². The molecule has 1 amide bonds. The lowest BCUT2D eigenvalue weighted by Crippen LogP contribution is -2.49. The number of fused-ring (bicyclic) bond motifs is 1. The van der Waals surface area contributed by atoms with Crippen molar-refractivity contribution in [2.45, 2.75) is 31.9 Å². The van der Waals surface area contributed by atoms with E-state index in [4.69, 9.17) is 16.3 Å². The summed E-state index contributed by atoms with van der Waals surface area (Å²) in [7, 11) is 1.73. The number of halogens is 1. The molecule has 0 spiro atoms. The minimum Gasteiger partial charge on any atom is -0.379 e. The van der Waals surface area contributed by atoms with Crippen LogP contribution in [0.1, 0.15) is 19.8 Å². The second-order valence-electron chi connectivity index (χ2n) is 6.31. The third-order valence-corrected chi connectivity index (χ3v) is 5.07. The third kappa shape index (κ3) is 3.20. The number of carbonyl (C=O) groups excluding carboxylic acids is 1. The average molecular weight is 324 g/mol. The van der Waals surface area contributed by atoms with Crippen LogP contribution in [-0.2, 0) is 9.53 Å². The molecule has 1 N–H and O–H groups in total. The second kappa shape index (κ2) is 6.42. The highest BCUT2D eigenvalue weighted by molar-refractivity contribution is 6.30. The number of carbonyl (C=O) groups is 1. The van der Waals surface area contributed by atoms with Gasteiger partial charge < -0.3 is 15.0 Å². The number of anilines is 1. The summed E-state index contributed by atoms with van der Waals surface area (Å²) in [4.78, 5) is 18.1. The van der Waals surface area contributed by atoms with Crippen molar-refractivity contribution < 1.29 is 9.53 Å². The maximum atomic E-state index is 11.4. The molecule has 4 atom stereocenters. The third-order valence-electron chi connectivity index (χ3n) is 4.84. The largest absolute Gasteiger partial charge is 0.379 e. The van der Waals surface area contributed by atoms with Crippen LogP contribution < -0.4 is 10.2 Å². The van der Waals surface area contributed by atoms with E-state index in [-0.39, 0.29) is 18.1 Å². The molecule has 22 heavy (non-hydrogen) atoms. The van der Waals surface area contributed by atoms with Crippen molar-refractivity contribution in [3.63, 3.8) is 0 Å². The molecular formula is C16H22ClN3O2. The van der Waals surface area contributed by atoms with Crippen molar-refractivity contribution in [3.8, 4) is 0 Å². The predicted molar refractivity (Wildman–Crippen MR) is 86.1 cm³/mol. The Hall–Kier alpha value is -1.33. The molecule has 1 aliphatic carbocycles. The first-order chi connectivity index (χ1) is 10.6. The van der Waals surface area contributed by atoms with Gasteiger partial charge in [0.2, 0.25) is 5.91 Å². The number of nitrogens with one attached hydrogen (secondary N) is 1.